The first-order chi connectivity index (χ1) is 9.02. The molecule has 0 saturated carbocycles. The van der Waals surface area contributed by atoms with Gasteiger partial charge in [0, 0.05) is 23.0 Å². The molecule has 1 heterocycles. The van der Waals surface area contributed by atoms with Gasteiger partial charge in [-0.1, -0.05) is 12.2 Å². The Morgan fingerprint density at radius 3 is 2.79 bits per heavy atom. The van der Waals surface area contributed by atoms with Crippen LogP contribution in [0, 0.1) is 11.4 Å². The predicted molar refractivity (Wildman–Crippen MR) is 79.4 cm³/mol. The van der Waals surface area contributed by atoms with E-state index in [2.05, 4.69) is 4.98 Å². The highest BCUT2D eigenvalue weighted by molar-refractivity contribution is 7.71. The third-order valence-corrected chi connectivity index (χ3v) is 3.71. The summed E-state index contributed by atoms with van der Waals surface area (Å²) in [6.07, 6.45) is 1.21. The van der Waals surface area contributed by atoms with Gasteiger partial charge in [-0.15, -0.1) is 0 Å². The van der Waals surface area contributed by atoms with Crippen molar-refractivity contribution in [2.24, 2.45) is 0 Å². The maximum Gasteiger partial charge on any atom is 0.130 e. The lowest BCUT2D eigenvalue weighted by Gasteiger charge is -2.10. The summed E-state index contributed by atoms with van der Waals surface area (Å²) in [5.74, 6) is 0.966. The first kappa shape index (κ1) is 13.7. The van der Waals surface area contributed by atoms with Crippen LogP contribution in [0.25, 0.3) is 10.9 Å². The number of Topliss-reactive ketones (excluding diaryl/α,β-unsaturated/α-hetero) is 1. The molecule has 3 nitrogen and oxygen atoms in total. The van der Waals surface area contributed by atoms with E-state index in [4.69, 9.17) is 17.0 Å². The maximum absolute atomic E-state index is 11.1. The van der Waals surface area contributed by atoms with E-state index in [0.717, 1.165) is 32.4 Å². The highest BCUT2D eigenvalue weighted by Gasteiger charge is 2.08. The summed E-state index contributed by atoms with van der Waals surface area (Å²) in [5, 5.41) is 0.971. The van der Waals surface area contributed by atoms with Gasteiger partial charge in [0.2, 0.25) is 0 Å². The summed E-state index contributed by atoms with van der Waals surface area (Å²) < 4.78 is 6.04. The highest BCUT2D eigenvalue weighted by Crippen LogP contribution is 2.24. The summed E-state index contributed by atoms with van der Waals surface area (Å²) in [6.45, 7) is 3.60. The van der Waals surface area contributed by atoms with Gasteiger partial charge in [0.15, 0.2) is 0 Å². The van der Waals surface area contributed by atoms with Crippen molar-refractivity contribution in [1.29, 1.82) is 0 Å². The number of pyridine rings is 1. The number of rotatable bonds is 4. The molecular weight excluding hydrogens is 258 g/mol. The van der Waals surface area contributed by atoms with Crippen LogP contribution < -0.4 is 4.74 Å². The lowest BCUT2D eigenvalue weighted by Crippen LogP contribution is -2.00. The summed E-state index contributed by atoms with van der Waals surface area (Å²) in [6, 6.07) is 5.80. The second-order valence-corrected chi connectivity index (χ2v) is 5.08. The number of carbonyl (C=O) groups is 1. The summed E-state index contributed by atoms with van der Waals surface area (Å²) in [7, 11) is 1.64. The molecule has 0 fully saturated rings. The monoisotopic (exact) mass is 275 g/mol. The number of aryl methyl sites for hydroxylation is 1. The zero-order chi connectivity index (χ0) is 14.0. The van der Waals surface area contributed by atoms with E-state index in [9.17, 15) is 4.79 Å². The Balaban J connectivity index is 2.58. The molecule has 0 spiro atoms. The van der Waals surface area contributed by atoms with Crippen molar-refractivity contribution in [2.75, 3.05) is 7.11 Å². The molecule has 0 aliphatic heterocycles. The molecule has 0 aliphatic carbocycles. The van der Waals surface area contributed by atoms with E-state index in [1.54, 1.807) is 14.0 Å². The summed E-state index contributed by atoms with van der Waals surface area (Å²) in [5.41, 5.74) is 3.07. The van der Waals surface area contributed by atoms with Gasteiger partial charge in [-0.25, -0.2) is 0 Å². The van der Waals surface area contributed by atoms with Crippen LogP contribution in [0.1, 0.15) is 24.6 Å². The Morgan fingerprint density at radius 1 is 1.42 bits per heavy atom. The SMILES string of the molecule is COc1ccc2[nH]c(C)c(CCC(C)=O)c(=S)c2c1. The number of H-pyrrole nitrogens is 1. The van der Waals surface area contributed by atoms with Gasteiger partial charge < -0.3 is 14.5 Å². The van der Waals surface area contributed by atoms with Crippen molar-refractivity contribution in [3.63, 3.8) is 0 Å². The van der Waals surface area contributed by atoms with Crippen LogP contribution in [0.5, 0.6) is 5.75 Å². The number of hydrogen-bond donors (Lipinski definition) is 1. The predicted octanol–water partition coefficient (Wildman–Crippen LogP) is 3.74. The van der Waals surface area contributed by atoms with Crippen molar-refractivity contribution in [2.45, 2.75) is 26.7 Å². The lowest BCUT2D eigenvalue weighted by atomic mass is 10.0. The molecule has 0 saturated heterocycles. The Hall–Kier alpha value is -1.68. The van der Waals surface area contributed by atoms with Crippen LogP contribution in [0.15, 0.2) is 18.2 Å². The quantitative estimate of drug-likeness (QED) is 0.864. The first-order valence-electron chi connectivity index (χ1n) is 6.22. The molecule has 2 rings (SSSR count). The largest absolute Gasteiger partial charge is 0.497 e. The molecule has 4 heteroatoms. The fourth-order valence-corrected chi connectivity index (χ4v) is 2.58. The van der Waals surface area contributed by atoms with Crippen LogP contribution in [-0.2, 0) is 11.2 Å². The molecule has 0 atom stereocenters. The van der Waals surface area contributed by atoms with E-state index in [1.807, 2.05) is 25.1 Å². The zero-order valence-electron chi connectivity index (χ0n) is 11.4. The van der Waals surface area contributed by atoms with E-state index in [1.165, 1.54) is 0 Å². The third kappa shape index (κ3) is 2.84. The minimum atomic E-state index is 0.180. The molecule has 1 aromatic carbocycles. The Morgan fingerprint density at radius 2 is 2.16 bits per heavy atom. The average molecular weight is 275 g/mol. The van der Waals surface area contributed by atoms with Crippen LogP contribution in [0.4, 0.5) is 0 Å². The maximum atomic E-state index is 11.1. The molecule has 2 aromatic rings. The zero-order valence-corrected chi connectivity index (χ0v) is 12.2. The molecule has 0 unspecified atom stereocenters. The van der Waals surface area contributed by atoms with E-state index in [-0.39, 0.29) is 5.78 Å². The minimum Gasteiger partial charge on any atom is -0.497 e. The number of benzene rings is 1. The smallest absolute Gasteiger partial charge is 0.130 e. The molecule has 0 aliphatic rings. The second kappa shape index (κ2) is 5.53. The van der Waals surface area contributed by atoms with Crippen molar-refractivity contribution >= 4 is 28.9 Å². The molecule has 1 aromatic heterocycles. The van der Waals surface area contributed by atoms with Crippen molar-refractivity contribution < 1.29 is 9.53 Å². The van der Waals surface area contributed by atoms with Gasteiger partial charge in [0.05, 0.1) is 11.6 Å². The van der Waals surface area contributed by atoms with Crippen LogP contribution >= 0.6 is 12.2 Å². The molecule has 0 bridgehead atoms. The van der Waals surface area contributed by atoms with E-state index < -0.39 is 0 Å². The second-order valence-electron chi connectivity index (χ2n) is 4.67. The van der Waals surface area contributed by atoms with Crippen molar-refractivity contribution in [3.05, 3.63) is 34.0 Å². The number of carbonyl (C=O) groups excluding carboxylic acids is 1. The van der Waals surface area contributed by atoms with Gasteiger partial charge in [0.1, 0.15) is 11.5 Å². The van der Waals surface area contributed by atoms with E-state index >= 15 is 0 Å². The number of ether oxygens (including phenoxy) is 1. The molecule has 0 radical (unpaired) electrons. The number of hydrogen-bond acceptors (Lipinski definition) is 3. The highest BCUT2D eigenvalue weighted by atomic mass is 32.1. The van der Waals surface area contributed by atoms with Gasteiger partial charge in [-0.2, -0.15) is 0 Å². The van der Waals surface area contributed by atoms with Gasteiger partial charge in [0.25, 0.3) is 0 Å². The molecule has 100 valence electrons. The molecule has 1 N–H and O–H groups in total. The van der Waals surface area contributed by atoms with Crippen LogP contribution in [0.3, 0.4) is 0 Å². The topological polar surface area (TPSA) is 42.1 Å². The number of ketones is 1. The fourth-order valence-electron chi connectivity index (χ4n) is 2.16. The minimum absolute atomic E-state index is 0.180. The van der Waals surface area contributed by atoms with Crippen LogP contribution in [-0.4, -0.2) is 17.9 Å². The van der Waals surface area contributed by atoms with Crippen LogP contribution in [0.2, 0.25) is 0 Å². The van der Waals surface area contributed by atoms with Crippen molar-refractivity contribution in [3.8, 4) is 5.75 Å². The number of fused-ring (bicyclic) bond motifs is 1. The lowest BCUT2D eigenvalue weighted by molar-refractivity contribution is -0.116. The number of aromatic nitrogens is 1. The van der Waals surface area contributed by atoms with Gasteiger partial charge in [-0.05, 0) is 44.0 Å². The molecule has 0 amide bonds. The molecular formula is C15H17NO2S. The normalized spacial score (nSPS) is 10.7. The average Bonchev–Trinajstić information content (AvgIpc) is 2.38. The Bertz CT molecular complexity index is 688. The number of aromatic amines is 1. The molecule has 19 heavy (non-hydrogen) atoms. The standard InChI is InChI=1S/C15H17NO2S/c1-9(17)4-6-12-10(2)16-14-7-5-11(18-3)8-13(14)15(12)19/h5,7-8H,4,6H2,1-3H3,(H,16,19). The van der Waals surface area contributed by atoms with E-state index in [0.29, 0.717) is 12.8 Å². The van der Waals surface area contributed by atoms with Crippen molar-refractivity contribution in [1.82, 2.24) is 4.98 Å². The number of nitrogens with one attached hydrogen (secondary N) is 1. The fraction of sp³-hybridized carbons (Fsp3) is 0.333. The third-order valence-electron chi connectivity index (χ3n) is 3.25. The number of methoxy groups -OCH3 is 1. The Kier molecular flexibility index (Phi) is 4.00. The van der Waals surface area contributed by atoms with Gasteiger partial charge >= 0.3 is 0 Å². The summed E-state index contributed by atoms with van der Waals surface area (Å²) >= 11 is 5.55. The summed E-state index contributed by atoms with van der Waals surface area (Å²) in [4.78, 5) is 14.5. The first-order valence-corrected chi connectivity index (χ1v) is 6.62. The van der Waals surface area contributed by atoms with Gasteiger partial charge in [-0.3, -0.25) is 0 Å². The Labute approximate surface area is 117 Å².